The first-order valence-electron chi connectivity index (χ1n) is 7.09. The fourth-order valence-electron chi connectivity index (χ4n) is 1.43. The van der Waals surface area contributed by atoms with E-state index in [1.165, 1.54) is 21.0 Å². The van der Waals surface area contributed by atoms with Crippen molar-refractivity contribution < 1.29 is 38.5 Å². The van der Waals surface area contributed by atoms with Gasteiger partial charge in [0.05, 0.1) is 27.2 Å². The molecule has 0 rings (SSSR count). The summed E-state index contributed by atoms with van der Waals surface area (Å²) in [5.74, 6) is -2.72. The number of rotatable bonds is 9. The van der Waals surface area contributed by atoms with Crippen LogP contribution in [0.1, 0.15) is 20.3 Å². The van der Waals surface area contributed by atoms with Crippen molar-refractivity contribution in [1.82, 2.24) is 5.32 Å². The van der Waals surface area contributed by atoms with Gasteiger partial charge in [-0.3, -0.25) is 9.59 Å². The highest BCUT2D eigenvalue weighted by molar-refractivity contribution is 5.91. The zero-order chi connectivity index (χ0) is 18.8. The Balaban J connectivity index is 4.40. The standard InChI is InChI=1S/C15H23NO8/c1-15(2,9-24-12(19)6-5-10(17)22-3)13(20)14(21)16-8-7-11(18)23-4/h5-6,13,20H,7-9H2,1-4H3,(H,16,21)/b6-5+/t13-/m0/s1. The second-order valence-corrected chi connectivity index (χ2v) is 5.47. The number of hydrogen-bond acceptors (Lipinski definition) is 8. The van der Waals surface area contributed by atoms with E-state index in [-0.39, 0.29) is 19.6 Å². The SMILES string of the molecule is COC(=O)/C=C/C(=O)OCC(C)(C)[C@@H](O)C(=O)NCCC(=O)OC. The Morgan fingerprint density at radius 3 is 2.21 bits per heavy atom. The number of aliphatic hydroxyl groups excluding tert-OH is 1. The van der Waals surface area contributed by atoms with E-state index in [0.29, 0.717) is 0 Å². The Labute approximate surface area is 139 Å². The van der Waals surface area contributed by atoms with Crippen LogP contribution in [0.3, 0.4) is 0 Å². The molecule has 2 N–H and O–H groups in total. The zero-order valence-electron chi connectivity index (χ0n) is 14.2. The molecule has 1 atom stereocenters. The maximum Gasteiger partial charge on any atom is 0.331 e. The van der Waals surface area contributed by atoms with Gasteiger partial charge in [0.15, 0.2) is 0 Å². The molecule has 0 aromatic carbocycles. The number of hydrogen-bond donors (Lipinski definition) is 2. The molecule has 0 aromatic heterocycles. The van der Waals surface area contributed by atoms with E-state index in [1.54, 1.807) is 0 Å². The van der Waals surface area contributed by atoms with Crippen LogP contribution in [0.5, 0.6) is 0 Å². The van der Waals surface area contributed by atoms with E-state index >= 15 is 0 Å². The fourth-order valence-corrected chi connectivity index (χ4v) is 1.43. The molecule has 0 aliphatic heterocycles. The second kappa shape index (κ2) is 10.4. The molecule has 0 spiro atoms. The Morgan fingerprint density at radius 2 is 1.67 bits per heavy atom. The lowest BCUT2D eigenvalue weighted by Gasteiger charge is -2.28. The molecule has 0 aliphatic carbocycles. The van der Waals surface area contributed by atoms with E-state index < -0.39 is 35.3 Å². The van der Waals surface area contributed by atoms with Gasteiger partial charge in [0, 0.05) is 24.1 Å². The van der Waals surface area contributed by atoms with Gasteiger partial charge in [-0.2, -0.15) is 0 Å². The molecule has 0 heterocycles. The van der Waals surface area contributed by atoms with Gasteiger partial charge in [-0.15, -0.1) is 0 Å². The van der Waals surface area contributed by atoms with Crippen molar-refractivity contribution in [3.05, 3.63) is 12.2 Å². The summed E-state index contributed by atoms with van der Waals surface area (Å²) in [6.07, 6.45) is 0.283. The van der Waals surface area contributed by atoms with Gasteiger partial charge in [0.25, 0.3) is 0 Å². The summed E-state index contributed by atoms with van der Waals surface area (Å²) in [5.41, 5.74) is -1.08. The molecular formula is C15H23NO8. The van der Waals surface area contributed by atoms with Gasteiger partial charge in [-0.1, -0.05) is 13.8 Å². The Morgan fingerprint density at radius 1 is 1.08 bits per heavy atom. The molecule has 9 heteroatoms. The third kappa shape index (κ3) is 8.28. The van der Waals surface area contributed by atoms with Crippen molar-refractivity contribution in [2.45, 2.75) is 26.4 Å². The third-order valence-corrected chi connectivity index (χ3v) is 2.99. The molecule has 0 saturated heterocycles. The number of methoxy groups -OCH3 is 2. The van der Waals surface area contributed by atoms with Crippen LogP contribution in [-0.2, 0) is 33.4 Å². The highest BCUT2D eigenvalue weighted by Gasteiger charge is 2.34. The predicted octanol–water partition coefficient (Wildman–Crippen LogP) is -0.675. The van der Waals surface area contributed by atoms with Crippen molar-refractivity contribution in [2.75, 3.05) is 27.4 Å². The van der Waals surface area contributed by atoms with Crippen LogP contribution < -0.4 is 5.32 Å². The number of carbonyl (C=O) groups excluding carboxylic acids is 4. The number of nitrogens with one attached hydrogen (secondary N) is 1. The molecule has 136 valence electrons. The minimum atomic E-state index is -1.47. The minimum Gasteiger partial charge on any atom is -0.469 e. The smallest absolute Gasteiger partial charge is 0.331 e. The average Bonchev–Trinajstić information content (AvgIpc) is 2.56. The van der Waals surface area contributed by atoms with Crippen LogP contribution >= 0.6 is 0 Å². The number of esters is 3. The molecular weight excluding hydrogens is 322 g/mol. The maximum absolute atomic E-state index is 11.8. The van der Waals surface area contributed by atoms with Crippen LogP contribution in [0, 0.1) is 5.41 Å². The molecule has 0 saturated carbocycles. The zero-order valence-corrected chi connectivity index (χ0v) is 14.2. The number of amides is 1. The fraction of sp³-hybridized carbons (Fsp3) is 0.600. The first-order chi connectivity index (χ1) is 11.1. The molecule has 0 radical (unpaired) electrons. The topological polar surface area (TPSA) is 128 Å². The molecule has 0 aromatic rings. The van der Waals surface area contributed by atoms with Crippen LogP contribution in [0.4, 0.5) is 0 Å². The molecule has 0 unspecified atom stereocenters. The summed E-state index contributed by atoms with van der Waals surface area (Å²) in [5, 5.41) is 12.4. The number of aliphatic hydroxyl groups is 1. The second-order valence-electron chi connectivity index (χ2n) is 5.47. The Hall–Kier alpha value is -2.42. The Kier molecular flexibility index (Phi) is 9.33. The van der Waals surface area contributed by atoms with E-state index in [2.05, 4.69) is 14.8 Å². The van der Waals surface area contributed by atoms with Crippen molar-refractivity contribution >= 4 is 23.8 Å². The summed E-state index contributed by atoms with van der Waals surface area (Å²) < 4.78 is 13.6. The van der Waals surface area contributed by atoms with Crippen LogP contribution in [0.25, 0.3) is 0 Å². The summed E-state index contributed by atoms with van der Waals surface area (Å²) >= 11 is 0. The molecule has 24 heavy (non-hydrogen) atoms. The monoisotopic (exact) mass is 345 g/mol. The largest absolute Gasteiger partial charge is 0.469 e. The summed E-state index contributed by atoms with van der Waals surface area (Å²) in [4.78, 5) is 45.0. The first kappa shape index (κ1) is 21.6. The lowest BCUT2D eigenvalue weighted by atomic mass is 9.87. The quantitative estimate of drug-likeness (QED) is 0.320. The maximum atomic E-state index is 11.8. The lowest BCUT2D eigenvalue weighted by molar-refractivity contribution is -0.149. The van der Waals surface area contributed by atoms with Gasteiger partial charge in [0.1, 0.15) is 6.10 Å². The highest BCUT2D eigenvalue weighted by Crippen LogP contribution is 2.21. The lowest BCUT2D eigenvalue weighted by Crippen LogP contribution is -2.46. The highest BCUT2D eigenvalue weighted by atomic mass is 16.5. The number of carbonyl (C=O) groups is 4. The van der Waals surface area contributed by atoms with E-state index in [4.69, 9.17) is 4.74 Å². The molecule has 9 nitrogen and oxygen atoms in total. The van der Waals surface area contributed by atoms with Gasteiger partial charge in [-0.05, 0) is 0 Å². The molecule has 1 amide bonds. The van der Waals surface area contributed by atoms with Gasteiger partial charge in [-0.25, -0.2) is 9.59 Å². The van der Waals surface area contributed by atoms with Crippen molar-refractivity contribution in [1.29, 1.82) is 0 Å². The third-order valence-electron chi connectivity index (χ3n) is 2.99. The van der Waals surface area contributed by atoms with Gasteiger partial charge >= 0.3 is 17.9 Å². The minimum absolute atomic E-state index is 0.0142. The van der Waals surface area contributed by atoms with E-state index in [0.717, 1.165) is 19.3 Å². The van der Waals surface area contributed by atoms with E-state index in [9.17, 15) is 24.3 Å². The van der Waals surface area contributed by atoms with Gasteiger partial charge < -0.3 is 24.6 Å². The van der Waals surface area contributed by atoms with Gasteiger partial charge in [0.2, 0.25) is 5.91 Å². The van der Waals surface area contributed by atoms with Crippen molar-refractivity contribution in [3.8, 4) is 0 Å². The van der Waals surface area contributed by atoms with Crippen molar-refractivity contribution in [3.63, 3.8) is 0 Å². The molecule has 0 fully saturated rings. The summed E-state index contributed by atoms with van der Waals surface area (Å²) in [6, 6.07) is 0. The Bertz CT molecular complexity index is 498. The summed E-state index contributed by atoms with van der Waals surface area (Å²) in [6.45, 7) is 2.80. The molecule has 0 aliphatic rings. The van der Waals surface area contributed by atoms with Crippen LogP contribution in [0.15, 0.2) is 12.2 Å². The summed E-state index contributed by atoms with van der Waals surface area (Å²) in [7, 11) is 2.39. The average molecular weight is 345 g/mol. The number of ether oxygens (including phenoxy) is 3. The molecule has 0 bridgehead atoms. The van der Waals surface area contributed by atoms with E-state index in [1.807, 2.05) is 0 Å². The van der Waals surface area contributed by atoms with Crippen LogP contribution in [-0.4, -0.2) is 62.4 Å². The van der Waals surface area contributed by atoms with Crippen molar-refractivity contribution in [2.24, 2.45) is 5.41 Å². The van der Waals surface area contributed by atoms with Crippen LogP contribution in [0.2, 0.25) is 0 Å². The first-order valence-corrected chi connectivity index (χ1v) is 7.09. The normalized spacial score (nSPS) is 12.4. The predicted molar refractivity (Wildman–Crippen MR) is 81.5 cm³/mol.